The van der Waals surface area contributed by atoms with E-state index in [9.17, 15) is 20.1 Å². The highest BCUT2D eigenvalue weighted by Crippen LogP contribution is 2.33. The maximum absolute atomic E-state index is 11.4. The Bertz CT molecular complexity index is 1130. The molecule has 0 aliphatic carbocycles. The SMILES string of the molecule is CCCc1cc(C(=O)O)ccc1-c1cc(C)c(OCCN[C@@H](C)[C@H](O)c2ccc(O)cc2)c(C)c1. The average Bonchev–Trinajstić information content (AvgIpc) is 2.83. The van der Waals surface area contributed by atoms with Gasteiger partial charge in [0.25, 0.3) is 0 Å². The van der Waals surface area contributed by atoms with E-state index in [1.165, 1.54) is 0 Å². The topological polar surface area (TPSA) is 99.0 Å². The summed E-state index contributed by atoms with van der Waals surface area (Å²) < 4.78 is 6.08. The molecule has 3 aromatic carbocycles. The maximum Gasteiger partial charge on any atom is 0.335 e. The van der Waals surface area contributed by atoms with Gasteiger partial charge in [-0.1, -0.05) is 31.5 Å². The van der Waals surface area contributed by atoms with Gasteiger partial charge in [-0.05, 0) is 97.0 Å². The maximum atomic E-state index is 11.4. The number of rotatable bonds is 11. The fourth-order valence-electron chi connectivity index (χ4n) is 4.33. The average molecular weight is 478 g/mol. The van der Waals surface area contributed by atoms with Crippen molar-refractivity contribution in [1.29, 1.82) is 0 Å². The van der Waals surface area contributed by atoms with Gasteiger partial charge in [0, 0.05) is 12.6 Å². The van der Waals surface area contributed by atoms with E-state index in [0.29, 0.717) is 18.7 Å². The van der Waals surface area contributed by atoms with Crippen LogP contribution in [0.5, 0.6) is 11.5 Å². The Labute approximate surface area is 207 Å². The highest BCUT2D eigenvalue weighted by molar-refractivity contribution is 5.89. The number of carbonyl (C=O) groups is 1. The second kappa shape index (κ2) is 11.9. The van der Waals surface area contributed by atoms with Crippen LogP contribution in [0.3, 0.4) is 0 Å². The number of aryl methyl sites for hydroxylation is 3. The van der Waals surface area contributed by atoms with Gasteiger partial charge in [0.1, 0.15) is 18.1 Å². The summed E-state index contributed by atoms with van der Waals surface area (Å²) in [6.07, 6.45) is 1.05. The summed E-state index contributed by atoms with van der Waals surface area (Å²) in [5.41, 5.74) is 6.21. The number of hydrogen-bond acceptors (Lipinski definition) is 5. The normalized spacial score (nSPS) is 12.8. The van der Waals surface area contributed by atoms with Crippen LogP contribution in [0.15, 0.2) is 54.6 Å². The lowest BCUT2D eigenvalue weighted by Crippen LogP contribution is -2.35. The molecule has 6 nitrogen and oxygen atoms in total. The van der Waals surface area contributed by atoms with E-state index in [4.69, 9.17) is 4.74 Å². The molecule has 35 heavy (non-hydrogen) atoms. The minimum Gasteiger partial charge on any atom is -0.508 e. The molecule has 0 spiro atoms. The number of aliphatic hydroxyl groups excluding tert-OH is 1. The van der Waals surface area contributed by atoms with E-state index >= 15 is 0 Å². The van der Waals surface area contributed by atoms with Crippen LogP contribution in [0, 0.1) is 13.8 Å². The van der Waals surface area contributed by atoms with Gasteiger partial charge in [-0.15, -0.1) is 0 Å². The Morgan fingerprint density at radius 1 is 1.03 bits per heavy atom. The van der Waals surface area contributed by atoms with Gasteiger partial charge in [-0.25, -0.2) is 4.79 Å². The van der Waals surface area contributed by atoms with Gasteiger partial charge in [0.2, 0.25) is 0 Å². The third-order valence-corrected chi connectivity index (χ3v) is 6.17. The number of aromatic hydroxyl groups is 1. The first-order chi connectivity index (χ1) is 16.7. The van der Waals surface area contributed by atoms with Crippen molar-refractivity contribution >= 4 is 5.97 Å². The molecule has 0 saturated heterocycles. The van der Waals surface area contributed by atoms with Crippen molar-refractivity contribution in [3.05, 3.63) is 82.4 Å². The molecule has 4 N–H and O–H groups in total. The van der Waals surface area contributed by atoms with Gasteiger partial charge < -0.3 is 25.4 Å². The first kappa shape index (κ1) is 26.3. The van der Waals surface area contributed by atoms with E-state index in [0.717, 1.165) is 52.0 Å². The first-order valence-electron chi connectivity index (χ1n) is 12.0. The number of benzene rings is 3. The molecular formula is C29H35NO5. The molecule has 0 aromatic heterocycles. The van der Waals surface area contributed by atoms with Crippen LogP contribution in [-0.2, 0) is 6.42 Å². The summed E-state index contributed by atoms with van der Waals surface area (Å²) in [7, 11) is 0. The lowest BCUT2D eigenvalue weighted by molar-refractivity contribution is 0.0696. The Morgan fingerprint density at radius 2 is 1.69 bits per heavy atom. The molecule has 0 saturated carbocycles. The van der Waals surface area contributed by atoms with Crippen LogP contribution in [0.25, 0.3) is 11.1 Å². The Kier molecular flexibility index (Phi) is 8.90. The molecule has 0 heterocycles. The van der Waals surface area contributed by atoms with Crippen molar-refractivity contribution < 1.29 is 24.9 Å². The summed E-state index contributed by atoms with van der Waals surface area (Å²) in [5.74, 6) is 0.0931. The second-order valence-electron chi connectivity index (χ2n) is 8.99. The van der Waals surface area contributed by atoms with Crippen molar-refractivity contribution in [3.63, 3.8) is 0 Å². The predicted molar refractivity (Wildman–Crippen MR) is 138 cm³/mol. The number of nitrogens with one attached hydrogen (secondary N) is 1. The zero-order chi connectivity index (χ0) is 25.5. The lowest BCUT2D eigenvalue weighted by atomic mass is 9.92. The van der Waals surface area contributed by atoms with Crippen molar-refractivity contribution in [3.8, 4) is 22.6 Å². The Hall–Kier alpha value is -3.35. The highest BCUT2D eigenvalue weighted by Gasteiger charge is 2.16. The summed E-state index contributed by atoms with van der Waals surface area (Å²) in [5, 5.41) is 32.6. The summed E-state index contributed by atoms with van der Waals surface area (Å²) in [6.45, 7) is 9.04. The number of aliphatic hydroxyl groups is 1. The summed E-state index contributed by atoms with van der Waals surface area (Å²) in [4.78, 5) is 11.4. The van der Waals surface area contributed by atoms with Crippen LogP contribution >= 0.6 is 0 Å². The number of aromatic carboxylic acids is 1. The lowest BCUT2D eigenvalue weighted by Gasteiger charge is -2.21. The van der Waals surface area contributed by atoms with Crippen molar-refractivity contribution in [2.75, 3.05) is 13.2 Å². The molecule has 0 fully saturated rings. The highest BCUT2D eigenvalue weighted by atomic mass is 16.5. The molecule has 3 rings (SSSR count). The molecule has 0 amide bonds. The van der Waals surface area contributed by atoms with Gasteiger partial charge in [-0.2, -0.15) is 0 Å². The molecule has 3 aromatic rings. The van der Waals surface area contributed by atoms with Crippen molar-refractivity contribution in [2.24, 2.45) is 0 Å². The minimum absolute atomic E-state index is 0.172. The number of hydrogen-bond donors (Lipinski definition) is 4. The van der Waals surface area contributed by atoms with E-state index < -0.39 is 12.1 Å². The number of carboxylic acid groups (broad SMARTS) is 1. The molecule has 0 radical (unpaired) electrons. The van der Waals surface area contributed by atoms with E-state index in [2.05, 4.69) is 24.4 Å². The van der Waals surface area contributed by atoms with Crippen LogP contribution in [0.1, 0.15) is 59.0 Å². The van der Waals surface area contributed by atoms with E-state index in [1.54, 1.807) is 36.4 Å². The molecule has 0 aliphatic heterocycles. The van der Waals surface area contributed by atoms with Crippen LogP contribution in [0.2, 0.25) is 0 Å². The second-order valence-corrected chi connectivity index (χ2v) is 8.99. The standard InChI is InChI=1S/C29H35NO5/c1-5-6-22-17-23(29(33)34)9-12-26(22)24-15-18(2)28(19(3)16-24)35-14-13-30-20(4)27(32)21-7-10-25(31)11-8-21/h7-12,15-17,20,27,30-32H,5-6,13-14H2,1-4H3,(H,33,34)/t20-,27-/m0/s1. The van der Waals surface area contributed by atoms with Crippen molar-refractivity contribution in [2.45, 2.75) is 52.7 Å². The smallest absolute Gasteiger partial charge is 0.335 e. The largest absolute Gasteiger partial charge is 0.508 e. The van der Waals surface area contributed by atoms with Gasteiger partial charge in [0.05, 0.1) is 11.7 Å². The molecule has 6 heteroatoms. The first-order valence-corrected chi connectivity index (χ1v) is 12.0. The number of phenols is 1. The fraction of sp³-hybridized carbons (Fsp3) is 0.345. The molecule has 0 bridgehead atoms. The van der Waals surface area contributed by atoms with Gasteiger partial charge in [-0.3, -0.25) is 0 Å². The summed E-state index contributed by atoms with van der Waals surface area (Å²) >= 11 is 0. The Morgan fingerprint density at radius 3 is 2.29 bits per heavy atom. The molecule has 2 atom stereocenters. The van der Waals surface area contributed by atoms with Crippen LogP contribution < -0.4 is 10.1 Å². The van der Waals surface area contributed by atoms with Crippen LogP contribution in [-0.4, -0.2) is 40.5 Å². The number of phenolic OH excluding ortho intramolecular Hbond substituents is 1. The summed E-state index contributed by atoms with van der Waals surface area (Å²) in [6, 6.07) is 15.9. The molecule has 0 aliphatic rings. The minimum atomic E-state index is -0.913. The fourth-order valence-corrected chi connectivity index (χ4v) is 4.33. The molecule has 0 unspecified atom stereocenters. The number of ether oxygens (including phenoxy) is 1. The number of carboxylic acids is 1. The molecular weight excluding hydrogens is 442 g/mol. The van der Waals surface area contributed by atoms with E-state index in [1.807, 2.05) is 26.8 Å². The Balaban J connectivity index is 1.65. The van der Waals surface area contributed by atoms with Crippen LogP contribution in [0.4, 0.5) is 0 Å². The zero-order valence-corrected chi connectivity index (χ0v) is 20.8. The molecule has 186 valence electrons. The predicted octanol–water partition coefficient (Wildman–Crippen LogP) is 5.42. The van der Waals surface area contributed by atoms with Gasteiger partial charge in [0.15, 0.2) is 0 Å². The van der Waals surface area contributed by atoms with Gasteiger partial charge >= 0.3 is 5.97 Å². The third-order valence-electron chi connectivity index (χ3n) is 6.17. The monoisotopic (exact) mass is 477 g/mol. The third kappa shape index (κ3) is 6.62. The zero-order valence-electron chi connectivity index (χ0n) is 20.8. The quantitative estimate of drug-likeness (QED) is 0.275. The van der Waals surface area contributed by atoms with E-state index in [-0.39, 0.29) is 11.8 Å². The van der Waals surface area contributed by atoms with Crippen molar-refractivity contribution in [1.82, 2.24) is 5.32 Å².